The number of aliphatic hydroxyl groups excluding tert-OH is 1. The molecule has 3 heterocycles. The number of carbonyl (C=O) groups excluding carboxylic acids is 3. The Morgan fingerprint density at radius 3 is 2.58 bits per heavy atom. The lowest BCUT2D eigenvalue weighted by Gasteiger charge is -2.33. The van der Waals surface area contributed by atoms with E-state index >= 15 is 0 Å². The fraction of sp³-hybridized carbons (Fsp3) is 0.559. The van der Waals surface area contributed by atoms with Crippen molar-refractivity contribution in [3.05, 3.63) is 70.3 Å². The van der Waals surface area contributed by atoms with Gasteiger partial charge in [0.15, 0.2) is 12.4 Å². The summed E-state index contributed by atoms with van der Waals surface area (Å²) in [6.07, 6.45) is -1.35. The van der Waals surface area contributed by atoms with Gasteiger partial charge in [-0.2, -0.15) is 0 Å². The second-order valence-electron chi connectivity index (χ2n) is 12.9. The van der Waals surface area contributed by atoms with Gasteiger partial charge in [0, 0.05) is 23.8 Å². The van der Waals surface area contributed by atoms with Gasteiger partial charge in [-0.25, -0.2) is 4.79 Å². The van der Waals surface area contributed by atoms with Crippen molar-refractivity contribution in [1.82, 2.24) is 15.5 Å². The molecule has 3 aliphatic rings. The maximum absolute atomic E-state index is 14.0. The molecule has 2 aromatic carbocycles. The minimum absolute atomic E-state index is 0.0575. The number of nitrogens with one attached hydrogen (secondary N) is 2. The van der Waals surface area contributed by atoms with Crippen molar-refractivity contribution in [2.75, 3.05) is 19.1 Å². The smallest absolute Gasteiger partial charge is 0.407 e. The second kappa shape index (κ2) is 14.1. The lowest BCUT2D eigenvalue weighted by atomic mass is 9.96. The molecule has 3 fully saturated rings. The SMILES string of the molecule is Cc1cccc(C[C@H](NC(=O)O[C@H]2CO[C@H]3OCCC[C@H]32)[C@H](O)C(=O)N2CSC(C)(C)[C@H]2C(=O)NCc2c(C)cccc2C)c1. The van der Waals surface area contributed by atoms with Crippen LogP contribution in [0.4, 0.5) is 4.79 Å². The molecular weight excluding hydrogens is 594 g/mol. The molecule has 0 aromatic heterocycles. The third-order valence-electron chi connectivity index (χ3n) is 9.11. The number of hydrogen-bond donors (Lipinski definition) is 3. The van der Waals surface area contributed by atoms with Crippen LogP contribution in [0.2, 0.25) is 0 Å². The Hall–Kier alpha value is -3.12. The first-order chi connectivity index (χ1) is 21.4. The van der Waals surface area contributed by atoms with Crippen LogP contribution >= 0.6 is 11.8 Å². The Labute approximate surface area is 269 Å². The number of benzene rings is 2. The minimum Gasteiger partial charge on any atom is -0.443 e. The van der Waals surface area contributed by atoms with E-state index in [1.807, 2.05) is 77.1 Å². The molecule has 3 amide bonds. The van der Waals surface area contributed by atoms with Crippen molar-refractivity contribution in [1.29, 1.82) is 0 Å². The highest BCUT2D eigenvalue weighted by molar-refractivity contribution is 8.00. The number of hydrogen-bond acceptors (Lipinski definition) is 8. The lowest BCUT2D eigenvalue weighted by molar-refractivity contribution is -0.152. The van der Waals surface area contributed by atoms with Crippen LogP contribution in [0.15, 0.2) is 42.5 Å². The number of amides is 3. The largest absolute Gasteiger partial charge is 0.443 e. The standard InChI is InChI=1S/C34H45N3O7S/c1-20-9-6-12-23(15-20)16-26(36-33(41)44-27-18-43-32-24(27)13-8-14-42-32)28(38)31(40)37-19-45-34(4,5)29(37)30(39)35-17-25-21(2)10-7-11-22(25)3/h6-7,9-12,15,24,26-29,32,38H,8,13-14,16-19H2,1-5H3,(H,35,39)(H,36,41)/t24-,26-,27-,28-,29+,32+/m0/s1. The molecule has 45 heavy (non-hydrogen) atoms. The van der Waals surface area contributed by atoms with E-state index in [1.54, 1.807) is 0 Å². The van der Waals surface area contributed by atoms with Gasteiger partial charge >= 0.3 is 6.09 Å². The van der Waals surface area contributed by atoms with E-state index in [1.165, 1.54) is 16.7 Å². The maximum Gasteiger partial charge on any atom is 0.407 e. The van der Waals surface area contributed by atoms with E-state index in [2.05, 4.69) is 10.6 Å². The van der Waals surface area contributed by atoms with Crippen LogP contribution in [0.25, 0.3) is 0 Å². The minimum atomic E-state index is -1.62. The molecular formula is C34H45N3O7S. The molecule has 10 nitrogen and oxygen atoms in total. The molecule has 0 bridgehead atoms. The zero-order valence-electron chi connectivity index (χ0n) is 26.7. The Kier molecular flexibility index (Phi) is 10.4. The molecule has 5 rings (SSSR count). The van der Waals surface area contributed by atoms with Crippen LogP contribution in [-0.4, -0.2) is 82.3 Å². The van der Waals surface area contributed by atoms with E-state index in [9.17, 15) is 19.5 Å². The summed E-state index contributed by atoms with van der Waals surface area (Å²) < 4.78 is 16.5. The van der Waals surface area contributed by atoms with Gasteiger partial charge in [-0.05, 0) is 76.1 Å². The summed E-state index contributed by atoms with van der Waals surface area (Å²) in [6, 6.07) is 11.8. The first-order valence-electron chi connectivity index (χ1n) is 15.7. The van der Waals surface area contributed by atoms with Crippen LogP contribution in [0, 0.1) is 26.7 Å². The lowest BCUT2D eigenvalue weighted by Crippen LogP contribution is -2.58. The normalized spacial score (nSPS) is 25.2. The summed E-state index contributed by atoms with van der Waals surface area (Å²) in [5, 5.41) is 17.4. The van der Waals surface area contributed by atoms with Crippen molar-refractivity contribution < 1.29 is 33.7 Å². The zero-order valence-corrected chi connectivity index (χ0v) is 27.5. The summed E-state index contributed by atoms with van der Waals surface area (Å²) in [7, 11) is 0. The molecule has 6 atom stereocenters. The third kappa shape index (κ3) is 7.65. The first kappa shape index (κ1) is 33.2. The highest BCUT2D eigenvalue weighted by Gasteiger charge is 2.50. The van der Waals surface area contributed by atoms with Crippen LogP contribution in [0.1, 0.15) is 54.5 Å². The molecule has 11 heteroatoms. The summed E-state index contributed by atoms with van der Waals surface area (Å²) in [5.74, 6) is -0.739. The van der Waals surface area contributed by atoms with Crippen molar-refractivity contribution >= 4 is 29.7 Å². The highest BCUT2D eigenvalue weighted by Crippen LogP contribution is 2.40. The van der Waals surface area contributed by atoms with Gasteiger partial charge in [0.1, 0.15) is 12.1 Å². The molecule has 3 aliphatic heterocycles. The Morgan fingerprint density at radius 2 is 1.84 bits per heavy atom. The van der Waals surface area contributed by atoms with Gasteiger partial charge in [-0.1, -0.05) is 48.0 Å². The van der Waals surface area contributed by atoms with E-state index in [0.29, 0.717) is 13.2 Å². The van der Waals surface area contributed by atoms with Crippen molar-refractivity contribution in [2.45, 2.75) is 95.8 Å². The summed E-state index contributed by atoms with van der Waals surface area (Å²) in [5.41, 5.74) is 5.04. The van der Waals surface area contributed by atoms with Gasteiger partial charge in [0.05, 0.1) is 18.5 Å². The number of thioether (sulfide) groups is 1. The number of alkyl carbamates (subject to hydrolysis) is 1. The average Bonchev–Trinajstić information content (AvgIpc) is 3.55. The summed E-state index contributed by atoms with van der Waals surface area (Å²) in [6.45, 7) is 11.0. The van der Waals surface area contributed by atoms with Crippen LogP contribution < -0.4 is 10.6 Å². The molecule has 0 spiro atoms. The number of aliphatic hydroxyl groups is 1. The zero-order chi connectivity index (χ0) is 32.3. The van der Waals surface area contributed by atoms with Gasteiger partial charge < -0.3 is 34.9 Å². The number of rotatable bonds is 9. The molecule has 0 saturated carbocycles. The highest BCUT2D eigenvalue weighted by atomic mass is 32.2. The fourth-order valence-corrected chi connectivity index (χ4v) is 7.70. The molecule has 3 N–H and O–H groups in total. The topological polar surface area (TPSA) is 126 Å². The van der Waals surface area contributed by atoms with Gasteiger partial charge in [0.2, 0.25) is 5.91 Å². The Morgan fingerprint density at radius 1 is 1.11 bits per heavy atom. The number of fused-ring (bicyclic) bond motifs is 1. The predicted molar refractivity (Wildman–Crippen MR) is 171 cm³/mol. The molecule has 0 aliphatic carbocycles. The maximum atomic E-state index is 14.0. The summed E-state index contributed by atoms with van der Waals surface area (Å²) in [4.78, 5) is 42.3. The molecule has 0 unspecified atom stereocenters. The van der Waals surface area contributed by atoms with E-state index < -0.39 is 41.0 Å². The van der Waals surface area contributed by atoms with Gasteiger partial charge in [-0.3, -0.25) is 9.59 Å². The number of carbonyl (C=O) groups is 3. The van der Waals surface area contributed by atoms with Gasteiger partial charge in [-0.15, -0.1) is 11.8 Å². The van der Waals surface area contributed by atoms with Gasteiger partial charge in [0.25, 0.3) is 5.91 Å². The molecule has 2 aromatic rings. The van der Waals surface area contributed by atoms with E-state index in [-0.39, 0.29) is 37.0 Å². The van der Waals surface area contributed by atoms with Crippen molar-refractivity contribution in [3.63, 3.8) is 0 Å². The van der Waals surface area contributed by atoms with Crippen molar-refractivity contribution in [2.24, 2.45) is 5.92 Å². The van der Waals surface area contributed by atoms with Crippen LogP contribution in [-0.2, 0) is 36.8 Å². The number of nitrogens with zero attached hydrogens (tertiary/aromatic N) is 1. The Balaban J connectivity index is 1.31. The van der Waals surface area contributed by atoms with Crippen molar-refractivity contribution in [3.8, 4) is 0 Å². The molecule has 3 saturated heterocycles. The second-order valence-corrected chi connectivity index (χ2v) is 14.5. The monoisotopic (exact) mass is 639 g/mol. The number of ether oxygens (including phenoxy) is 3. The number of aryl methyl sites for hydroxylation is 3. The van der Waals surface area contributed by atoms with Crippen LogP contribution in [0.3, 0.4) is 0 Å². The third-order valence-corrected chi connectivity index (χ3v) is 10.5. The Bertz CT molecular complexity index is 1380. The van der Waals surface area contributed by atoms with E-state index in [0.717, 1.165) is 40.7 Å². The predicted octanol–water partition coefficient (Wildman–Crippen LogP) is 3.76. The van der Waals surface area contributed by atoms with E-state index in [4.69, 9.17) is 14.2 Å². The quantitative estimate of drug-likeness (QED) is 0.379. The fourth-order valence-electron chi connectivity index (χ4n) is 6.56. The summed E-state index contributed by atoms with van der Waals surface area (Å²) >= 11 is 1.48. The first-order valence-corrected chi connectivity index (χ1v) is 16.6. The van der Waals surface area contributed by atoms with Crippen LogP contribution in [0.5, 0.6) is 0 Å². The average molecular weight is 640 g/mol. The molecule has 244 valence electrons. The molecule has 0 radical (unpaired) electrons.